The number of carbonyl (C=O) groups excluding carboxylic acids is 1. The van der Waals surface area contributed by atoms with E-state index < -0.39 is 5.91 Å². The van der Waals surface area contributed by atoms with Gasteiger partial charge in [0.15, 0.2) is 17.5 Å². The normalized spacial score (nSPS) is 12.7. The van der Waals surface area contributed by atoms with Crippen LogP contribution in [0.15, 0.2) is 47.5 Å². The van der Waals surface area contributed by atoms with Crippen molar-refractivity contribution in [1.82, 2.24) is 10.6 Å². The first-order valence-electron chi connectivity index (χ1n) is 8.37. The lowest BCUT2D eigenvalue weighted by Crippen LogP contribution is -2.37. The summed E-state index contributed by atoms with van der Waals surface area (Å²) in [5, 5.41) is 6.52. The molecule has 0 aromatic heterocycles. The van der Waals surface area contributed by atoms with Gasteiger partial charge < -0.3 is 25.8 Å². The quantitative estimate of drug-likeness (QED) is 0.538. The fraction of sp³-hybridized carbons (Fsp3) is 0.263. The monoisotopic (exact) mass is 354 g/mol. The Morgan fingerprint density at radius 1 is 1.08 bits per heavy atom. The molecule has 7 nitrogen and oxygen atoms in total. The summed E-state index contributed by atoms with van der Waals surface area (Å²) in [4.78, 5) is 15.3. The van der Waals surface area contributed by atoms with Crippen LogP contribution in [0.1, 0.15) is 21.5 Å². The number of nitrogens with zero attached hydrogens (tertiary/aromatic N) is 1. The molecule has 0 radical (unpaired) electrons. The van der Waals surface area contributed by atoms with Crippen molar-refractivity contribution >= 4 is 11.9 Å². The van der Waals surface area contributed by atoms with Crippen LogP contribution in [-0.2, 0) is 13.0 Å². The topological polar surface area (TPSA) is 98.0 Å². The van der Waals surface area contributed by atoms with Crippen molar-refractivity contribution in [3.8, 4) is 11.5 Å². The fourth-order valence-corrected chi connectivity index (χ4v) is 2.61. The number of rotatable bonds is 6. The molecule has 1 heterocycles. The molecule has 0 spiro atoms. The molecule has 0 aliphatic carbocycles. The third kappa shape index (κ3) is 4.44. The van der Waals surface area contributed by atoms with Gasteiger partial charge in [-0.15, -0.1) is 0 Å². The Kier molecular flexibility index (Phi) is 5.58. The number of fused-ring (bicyclic) bond motifs is 1. The summed E-state index contributed by atoms with van der Waals surface area (Å²) in [7, 11) is 1.73. The standard InChI is InChI=1S/C19H22N4O3/c1-21-19(23-11-14-2-5-15(6-3-14)18(20)24)22-9-8-13-4-7-16-17(10-13)26-12-25-16/h2-7,10H,8-9,11-12H2,1H3,(H2,20,24)(H2,21,22,23). The number of primary amides is 1. The fourth-order valence-electron chi connectivity index (χ4n) is 2.61. The van der Waals surface area contributed by atoms with Gasteiger partial charge in [0.05, 0.1) is 0 Å². The van der Waals surface area contributed by atoms with Crippen LogP contribution in [0.25, 0.3) is 0 Å². The molecule has 1 aliphatic heterocycles. The van der Waals surface area contributed by atoms with Gasteiger partial charge in [-0.25, -0.2) is 0 Å². The maximum atomic E-state index is 11.1. The van der Waals surface area contributed by atoms with Crippen LogP contribution in [0.2, 0.25) is 0 Å². The number of hydrogen-bond donors (Lipinski definition) is 3. The van der Waals surface area contributed by atoms with Gasteiger partial charge in [-0.1, -0.05) is 18.2 Å². The summed E-state index contributed by atoms with van der Waals surface area (Å²) in [5.74, 6) is 1.88. The van der Waals surface area contributed by atoms with Crippen molar-refractivity contribution < 1.29 is 14.3 Å². The Morgan fingerprint density at radius 2 is 1.81 bits per heavy atom. The minimum atomic E-state index is -0.425. The van der Waals surface area contributed by atoms with Crippen LogP contribution < -0.4 is 25.8 Å². The van der Waals surface area contributed by atoms with Gasteiger partial charge in [-0.3, -0.25) is 9.79 Å². The maximum Gasteiger partial charge on any atom is 0.248 e. The molecule has 136 valence electrons. The van der Waals surface area contributed by atoms with Crippen LogP contribution >= 0.6 is 0 Å². The molecular weight excluding hydrogens is 332 g/mol. The molecule has 2 aromatic rings. The largest absolute Gasteiger partial charge is 0.454 e. The number of nitrogens with two attached hydrogens (primary N) is 1. The van der Waals surface area contributed by atoms with E-state index in [4.69, 9.17) is 15.2 Å². The second-order valence-corrected chi connectivity index (χ2v) is 5.85. The van der Waals surface area contributed by atoms with Crippen LogP contribution in [0, 0.1) is 0 Å². The molecule has 26 heavy (non-hydrogen) atoms. The van der Waals surface area contributed by atoms with E-state index in [2.05, 4.69) is 15.6 Å². The number of guanidine groups is 1. The summed E-state index contributed by atoms with van der Waals surface area (Å²) in [6, 6.07) is 13.1. The van der Waals surface area contributed by atoms with E-state index in [1.807, 2.05) is 30.3 Å². The highest BCUT2D eigenvalue weighted by Gasteiger charge is 2.12. The first-order chi connectivity index (χ1) is 12.7. The zero-order valence-electron chi connectivity index (χ0n) is 14.6. The van der Waals surface area contributed by atoms with Crippen molar-refractivity contribution in [2.75, 3.05) is 20.4 Å². The first-order valence-corrected chi connectivity index (χ1v) is 8.37. The molecule has 2 aromatic carbocycles. The zero-order valence-corrected chi connectivity index (χ0v) is 14.6. The molecule has 0 saturated heterocycles. The number of ether oxygens (including phenoxy) is 2. The van der Waals surface area contributed by atoms with E-state index in [1.165, 1.54) is 5.56 Å². The van der Waals surface area contributed by atoms with Crippen molar-refractivity contribution in [1.29, 1.82) is 0 Å². The number of nitrogens with one attached hydrogen (secondary N) is 2. The van der Waals surface area contributed by atoms with E-state index in [-0.39, 0.29) is 6.79 Å². The van der Waals surface area contributed by atoms with Gasteiger partial charge in [0.2, 0.25) is 12.7 Å². The minimum Gasteiger partial charge on any atom is -0.454 e. The summed E-state index contributed by atoms with van der Waals surface area (Å²) in [5.41, 5.74) is 7.94. The number of benzene rings is 2. The van der Waals surface area contributed by atoms with Gasteiger partial charge in [0, 0.05) is 25.7 Å². The molecule has 1 aliphatic rings. The van der Waals surface area contributed by atoms with Crippen LogP contribution in [0.5, 0.6) is 11.5 Å². The Balaban J connectivity index is 1.45. The molecule has 0 fully saturated rings. The lowest BCUT2D eigenvalue weighted by Gasteiger charge is -2.12. The van der Waals surface area contributed by atoms with E-state index in [0.29, 0.717) is 18.1 Å². The van der Waals surface area contributed by atoms with Crippen molar-refractivity contribution in [2.45, 2.75) is 13.0 Å². The van der Waals surface area contributed by atoms with Crippen molar-refractivity contribution in [3.05, 3.63) is 59.2 Å². The smallest absolute Gasteiger partial charge is 0.248 e. The molecular formula is C19H22N4O3. The Bertz CT molecular complexity index is 803. The Labute approximate surface area is 152 Å². The van der Waals surface area contributed by atoms with Gasteiger partial charge in [0.25, 0.3) is 0 Å². The highest BCUT2D eigenvalue weighted by atomic mass is 16.7. The third-order valence-electron chi connectivity index (χ3n) is 4.07. The molecule has 3 rings (SSSR count). The number of hydrogen-bond acceptors (Lipinski definition) is 4. The maximum absolute atomic E-state index is 11.1. The van der Waals surface area contributed by atoms with Crippen molar-refractivity contribution in [3.63, 3.8) is 0 Å². The molecule has 1 amide bonds. The van der Waals surface area contributed by atoms with Gasteiger partial charge in [-0.2, -0.15) is 0 Å². The highest BCUT2D eigenvalue weighted by molar-refractivity contribution is 5.92. The summed E-state index contributed by atoms with van der Waals surface area (Å²) in [6.07, 6.45) is 0.838. The van der Waals surface area contributed by atoms with E-state index in [1.54, 1.807) is 19.2 Å². The van der Waals surface area contributed by atoms with E-state index in [0.717, 1.165) is 30.0 Å². The minimum absolute atomic E-state index is 0.286. The molecule has 0 bridgehead atoms. The summed E-state index contributed by atoms with van der Waals surface area (Å²) >= 11 is 0. The van der Waals surface area contributed by atoms with Crippen LogP contribution in [-0.4, -0.2) is 32.3 Å². The molecule has 0 saturated carbocycles. The number of carbonyl (C=O) groups is 1. The highest BCUT2D eigenvalue weighted by Crippen LogP contribution is 2.32. The number of aliphatic imine (C=N–C) groups is 1. The van der Waals surface area contributed by atoms with Crippen LogP contribution in [0.4, 0.5) is 0 Å². The molecule has 4 N–H and O–H groups in total. The Morgan fingerprint density at radius 3 is 2.54 bits per heavy atom. The van der Waals surface area contributed by atoms with E-state index >= 15 is 0 Å². The van der Waals surface area contributed by atoms with Crippen LogP contribution in [0.3, 0.4) is 0 Å². The average molecular weight is 354 g/mol. The number of amides is 1. The van der Waals surface area contributed by atoms with Gasteiger partial charge >= 0.3 is 0 Å². The molecule has 0 atom stereocenters. The predicted octanol–water partition coefficient (Wildman–Crippen LogP) is 1.42. The zero-order chi connectivity index (χ0) is 18.4. The third-order valence-corrected chi connectivity index (χ3v) is 4.07. The Hall–Kier alpha value is -3.22. The molecule has 7 heteroatoms. The molecule has 0 unspecified atom stereocenters. The first kappa shape index (κ1) is 17.6. The lowest BCUT2D eigenvalue weighted by atomic mass is 10.1. The van der Waals surface area contributed by atoms with E-state index in [9.17, 15) is 4.79 Å². The van der Waals surface area contributed by atoms with Gasteiger partial charge in [-0.05, 0) is 41.8 Å². The summed E-state index contributed by atoms with van der Waals surface area (Å²) < 4.78 is 10.7. The summed E-state index contributed by atoms with van der Waals surface area (Å²) in [6.45, 7) is 1.62. The lowest BCUT2D eigenvalue weighted by molar-refractivity contribution is 0.1000. The second kappa shape index (κ2) is 8.24. The SMILES string of the molecule is CN=C(NCCc1ccc2c(c1)OCO2)NCc1ccc(C(N)=O)cc1. The average Bonchev–Trinajstić information content (AvgIpc) is 3.12. The second-order valence-electron chi connectivity index (χ2n) is 5.85. The predicted molar refractivity (Wildman–Crippen MR) is 99.4 cm³/mol. The van der Waals surface area contributed by atoms with Gasteiger partial charge in [0.1, 0.15) is 0 Å². The van der Waals surface area contributed by atoms with Crippen molar-refractivity contribution in [2.24, 2.45) is 10.7 Å².